The number of benzene rings is 1. The fraction of sp³-hybridized carbons (Fsp3) is 0.417. The molecular formula is C12H17FN2O. The molecule has 0 bridgehead atoms. The van der Waals surface area contributed by atoms with E-state index >= 15 is 0 Å². The molecule has 0 radical (unpaired) electrons. The van der Waals surface area contributed by atoms with Crippen LogP contribution in [-0.2, 0) is 0 Å². The first-order chi connectivity index (χ1) is 7.34. The molecule has 88 valence electrons. The zero-order valence-corrected chi connectivity index (χ0v) is 9.80. The van der Waals surface area contributed by atoms with Crippen molar-refractivity contribution in [3.63, 3.8) is 0 Å². The Kier molecular flexibility index (Phi) is 3.65. The average molecular weight is 224 g/mol. The molecule has 3 nitrogen and oxygen atoms in total. The molecule has 0 unspecified atom stereocenters. The lowest BCUT2D eigenvalue weighted by molar-refractivity contribution is 0.0915. The van der Waals surface area contributed by atoms with Crippen molar-refractivity contribution in [1.82, 2.24) is 5.32 Å². The number of halogens is 1. The maximum absolute atomic E-state index is 13.1. The number of nitrogens with one attached hydrogen (secondary N) is 1. The second kappa shape index (κ2) is 4.61. The zero-order valence-electron chi connectivity index (χ0n) is 9.80. The van der Waals surface area contributed by atoms with Gasteiger partial charge in [-0.25, -0.2) is 4.39 Å². The van der Waals surface area contributed by atoms with Crippen LogP contribution in [0.25, 0.3) is 0 Å². The van der Waals surface area contributed by atoms with Crippen LogP contribution >= 0.6 is 0 Å². The molecule has 1 rings (SSSR count). The number of carbonyl (C=O) groups is 1. The minimum atomic E-state index is -0.489. The monoisotopic (exact) mass is 224 g/mol. The molecule has 1 aromatic carbocycles. The van der Waals surface area contributed by atoms with Crippen molar-refractivity contribution >= 4 is 5.91 Å². The van der Waals surface area contributed by atoms with E-state index in [1.165, 1.54) is 12.1 Å². The predicted molar refractivity (Wildman–Crippen MR) is 61.7 cm³/mol. The van der Waals surface area contributed by atoms with Crippen LogP contribution in [0.4, 0.5) is 4.39 Å². The van der Waals surface area contributed by atoms with Crippen molar-refractivity contribution in [2.75, 3.05) is 6.54 Å². The van der Waals surface area contributed by atoms with Crippen LogP contribution in [0.3, 0.4) is 0 Å². The first-order valence-corrected chi connectivity index (χ1v) is 5.14. The molecule has 0 saturated heterocycles. The van der Waals surface area contributed by atoms with Crippen molar-refractivity contribution in [2.24, 2.45) is 5.73 Å². The third kappa shape index (κ3) is 3.31. The second-order valence-corrected chi connectivity index (χ2v) is 4.56. The van der Waals surface area contributed by atoms with Gasteiger partial charge < -0.3 is 11.1 Å². The third-order valence-electron chi connectivity index (χ3n) is 2.27. The Hall–Kier alpha value is -1.42. The summed E-state index contributed by atoms with van der Waals surface area (Å²) in [5, 5.41) is 2.75. The van der Waals surface area contributed by atoms with E-state index in [1.54, 1.807) is 13.0 Å². The lowest BCUT2D eigenvalue weighted by Gasteiger charge is -2.24. The molecule has 0 fully saturated rings. The molecule has 0 aromatic heterocycles. The van der Waals surface area contributed by atoms with Gasteiger partial charge in [-0.05, 0) is 44.5 Å². The molecule has 0 atom stereocenters. The lowest BCUT2D eigenvalue weighted by Crippen LogP contribution is -2.48. The Morgan fingerprint density at radius 1 is 1.44 bits per heavy atom. The summed E-state index contributed by atoms with van der Waals surface area (Å²) in [5.74, 6) is -0.714. The highest BCUT2D eigenvalue weighted by Gasteiger charge is 2.19. The van der Waals surface area contributed by atoms with Crippen LogP contribution in [-0.4, -0.2) is 18.0 Å². The number of nitrogens with two attached hydrogens (primary N) is 1. The molecule has 3 N–H and O–H groups in total. The summed E-state index contributed by atoms with van der Waals surface area (Å²) >= 11 is 0. The largest absolute Gasteiger partial charge is 0.346 e. The number of rotatable bonds is 3. The molecule has 0 saturated carbocycles. The van der Waals surface area contributed by atoms with Crippen molar-refractivity contribution in [3.8, 4) is 0 Å². The minimum absolute atomic E-state index is 0.307. The Labute approximate surface area is 94.8 Å². The Morgan fingerprint density at radius 2 is 2.06 bits per heavy atom. The smallest absolute Gasteiger partial charge is 0.251 e. The fourth-order valence-electron chi connectivity index (χ4n) is 1.30. The van der Waals surface area contributed by atoms with Gasteiger partial charge in [-0.15, -0.1) is 0 Å². The molecule has 1 aromatic rings. The second-order valence-electron chi connectivity index (χ2n) is 4.56. The van der Waals surface area contributed by atoms with Gasteiger partial charge in [-0.2, -0.15) is 0 Å². The zero-order chi connectivity index (χ0) is 12.3. The molecule has 0 aliphatic heterocycles. The molecule has 4 heteroatoms. The molecule has 1 amide bonds. The van der Waals surface area contributed by atoms with Crippen LogP contribution in [0, 0.1) is 12.7 Å². The van der Waals surface area contributed by atoms with Gasteiger partial charge in [0.25, 0.3) is 5.91 Å². The maximum atomic E-state index is 13.1. The predicted octanol–water partition coefficient (Wildman–Crippen LogP) is 1.60. The highest BCUT2D eigenvalue weighted by Crippen LogP contribution is 2.10. The Balaban J connectivity index is 2.89. The highest BCUT2D eigenvalue weighted by molar-refractivity contribution is 5.94. The summed E-state index contributed by atoms with van der Waals surface area (Å²) in [6.45, 7) is 5.70. The van der Waals surface area contributed by atoms with E-state index in [-0.39, 0.29) is 5.91 Å². The molecule has 0 aliphatic rings. The van der Waals surface area contributed by atoms with E-state index in [1.807, 2.05) is 13.8 Å². The normalized spacial score (nSPS) is 11.3. The van der Waals surface area contributed by atoms with E-state index < -0.39 is 11.4 Å². The molecule has 16 heavy (non-hydrogen) atoms. The van der Waals surface area contributed by atoms with E-state index in [0.29, 0.717) is 12.1 Å². The Bertz CT molecular complexity index is 382. The SMILES string of the molecule is Cc1cc(F)cc(C(=O)NC(C)(C)CN)c1. The van der Waals surface area contributed by atoms with E-state index in [2.05, 4.69) is 5.32 Å². The van der Waals surface area contributed by atoms with Gasteiger partial charge in [0.1, 0.15) is 5.82 Å². The van der Waals surface area contributed by atoms with Crippen LogP contribution in [0.5, 0.6) is 0 Å². The standard InChI is InChI=1S/C12H17FN2O/c1-8-4-9(6-10(13)5-8)11(16)15-12(2,3)7-14/h4-6H,7,14H2,1-3H3,(H,15,16). The summed E-state index contributed by atoms with van der Waals surface area (Å²) in [6, 6.07) is 4.24. The van der Waals surface area contributed by atoms with Gasteiger partial charge in [0.2, 0.25) is 0 Å². The van der Waals surface area contributed by atoms with Gasteiger partial charge in [0.05, 0.1) is 0 Å². The first kappa shape index (κ1) is 12.6. The van der Waals surface area contributed by atoms with Gasteiger partial charge in [0.15, 0.2) is 0 Å². The maximum Gasteiger partial charge on any atom is 0.251 e. The van der Waals surface area contributed by atoms with Crippen LogP contribution < -0.4 is 11.1 Å². The van der Waals surface area contributed by atoms with Gasteiger partial charge in [-0.1, -0.05) is 0 Å². The lowest BCUT2D eigenvalue weighted by atomic mass is 10.0. The number of carbonyl (C=O) groups excluding carboxylic acids is 1. The van der Waals surface area contributed by atoms with Crippen LogP contribution in [0.15, 0.2) is 18.2 Å². The molecule has 0 spiro atoms. The van der Waals surface area contributed by atoms with E-state index in [4.69, 9.17) is 5.73 Å². The van der Waals surface area contributed by atoms with Crippen molar-refractivity contribution < 1.29 is 9.18 Å². The van der Waals surface area contributed by atoms with Crippen LogP contribution in [0.1, 0.15) is 29.8 Å². The molecule has 0 aliphatic carbocycles. The minimum Gasteiger partial charge on any atom is -0.346 e. The third-order valence-corrected chi connectivity index (χ3v) is 2.27. The highest BCUT2D eigenvalue weighted by atomic mass is 19.1. The summed E-state index contributed by atoms with van der Waals surface area (Å²) in [5.41, 5.74) is 6.05. The van der Waals surface area contributed by atoms with Crippen molar-refractivity contribution in [1.29, 1.82) is 0 Å². The average Bonchev–Trinajstić information content (AvgIpc) is 2.15. The van der Waals surface area contributed by atoms with Gasteiger partial charge >= 0.3 is 0 Å². The fourth-order valence-corrected chi connectivity index (χ4v) is 1.30. The van der Waals surface area contributed by atoms with Crippen molar-refractivity contribution in [2.45, 2.75) is 26.3 Å². The Morgan fingerprint density at radius 3 is 2.56 bits per heavy atom. The van der Waals surface area contributed by atoms with E-state index in [9.17, 15) is 9.18 Å². The quantitative estimate of drug-likeness (QED) is 0.819. The summed E-state index contributed by atoms with van der Waals surface area (Å²) in [7, 11) is 0. The summed E-state index contributed by atoms with van der Waals surface area (Å²) in [6.07, 6.45) is 0. The van der Waals surface area contributed by atoms with Gasteiger partial charge in [-0.3, -0.25) is 4.79 Å². The number of amides is 1. The van der Waals surface area contributed by atoms with E-state index in [0.717, 1.165) is 5.56 Å². The van der Waals surface area contributed by atoms with Gasteiger partial charge in [0, 0.05) is 17.6 Å². The first-order valence-electron chi connectivity index (χ1n) is 5.14. The number of hydrogen-bond acceptors (Lipinski definition) is 2. The van der Waals surface area contributed by atoms with Crippen molar-refractivity contribution in [3.05, 3.63) is 35.1 Å². The molecule has 0 heterocycles. The topological polar surface area (TPSA) is 55.1 Å². The molecular weight excluding hydrogens is 207 g/mol. The summed E-state index contributed by atoms with van der Waals surface area (Å²) in [4.78, 5) is 11.8. The number of hydrogen-bond donors (Lipinski definition) is 2. The summed E-state index contributed by atoms with van der Waals surface area (Å²) < 4.78 is 13.1. The number of aryl methyl sites for hydroxylation is 1. The van der Waals surface area contributed by atoms with Crippen LogP contribution in [0.2, 0.25) is 0 Å².